The Bertz CT molecular complexity index is 316. The van der Waals surface area contributed by atoms with Crippen LogP contribution in [0.3, 0.4) is 0 Å². The van der Waals surface area contributed by atoms with Crippen LogP contribution < -0.4 is 10.6 Å². The minimum Gasteiger partial charge on any atom is -0.444 e. The largest absolute Gasteiger partial charge is 0.444 e. The third-order valence-electron chi connectivity index (χ3n) is 2.55. The quantitative estimate of drug-likeness (QED) is 0.789. The molecule has 1 aliphatic rings. The van der Waals surface area contributed by atoms with E-state index in [1.807, 2.05) is 6.92 Å². The number of hydrogen-bond donors (Lipinski definition) is 2. The van der Waals surface area contributed by atoms with Gasteiger partial charge in [0.25, 0.3) is 0 Å². The number of carbonyl (C=O) groups excluding carboxylic acids is 2. The lowest BCUT2D eigenvalue weighted by atomic mass is 10.2. The van der Waals surface area contributed by atoms with Crippen molar-refractivity contribution in [1.29, 1.82) is 0 Å². The molecule has 0 aliphatic heterocycles. The second-order valence-electron chi connectivity index (χ2n) is 5.92. The lowest BCUT2D eigenvalue weighted by Crippen LogP contribution is -2.49. The number of ether oxygens (including phenoxy) is 1. The van der Waals surface area contributed by atoms with E-state index in [9.17, 15) is 9.59 Å². The topological polar surface area (TPSA) is 67.4 Å². The molecule has 0 saturated heterocycles. The molecule has 1 aliphatic carbocycles. The molecule has 17 heavy (non-hydrogen) atoms. The zero-order chi connectivity index (χ0) is 13.3. The maximum absolute atomic E-state index is 11.7. The Labute approximate surface area is 102 Å². The van der Waals surface area contributed by atoms with Crippen molar-refractivity contribution in [3.05, 3.63) is 0 Å². The Morgan fingerprint density at radius 2 is 1.82 bits per heavy atom. The summed E-state index contributed by atoms with van der Waals surface area (Å²) >= 11 is 0. The van der Waals surface area contributed by atoms with E-state index >= 15 is 0 Å². The first-order valence-corrected chi connectivity index (χ1v) is 5.93. The molecule has 1 saturated carbocycles. The van der Waals surface area contributed by atoms with Crippen molar-refractivity contribution in [2.24, 2.45) is 0 Å². The van der Waals surface area contributed by atoms with Crippen molar-refractivity contribution in [2.75, 3.05) is 0 Å². The molecule has 5 heteroatoms. The third kappa shape index (κ3) is 5.06. The second kappa shape index (κ2) is 4.55. The number of carbonyl (C=O) groups is 2. The summed E-state index contributed by atoms with van der Waals surface area (Å²) < 4.78 is 5.07. The average molecular weight is 242 g/mol. The maximum Gasteiger partial charge on any atom is 0.408 e. The molecule has 1 atom stereocenters. The first kappa shape index (κ1) is 13.8. The first-order valence-electron chi connectivity index (χ1n) is 5.93. The molecule has 0 aromatic heterocycles. The molecule has 0 heterocycles. The van der Waals surface area contributed by atoms with E-state index < -0.39 is 17.7 Å². The molecule has 0 bridgehead atoms. The van der Waals surface area contributed by atoms with Crippen molar-refractivity contribution in [3.8, 4) is 0 Å². The Morgan fingerprint density at radius 3 is 2.24 bits per heavy atom. The predicted molar refractivity (Wildman–Crippen MR) is 64.6 cm³/mol. The summed E-state index contributed by atoms with van der Waals surface area (Å²) in [4.78, 5) is 23.2. The molecule has 0 aromatic carbocycles. The molecule has 2 N–H and O–H groups in total. The molecular formula is C12H22N2O3. The van der Waals surface area contributed by atoms with E-state index in [1.165, 1.54) is 0 Å². The fourth-order valence-electron chi connectivity index (χ4n) is 1.27. The summed E-state index contributed by atoms with van der Waals surface area (Å²) in [5.74, 6) is -0.171. The molecule has 0 spiro atoms. The molecule has 0 unspecified atom stereocenters. The van der Waals surface area contributed by atoms with Gasteiger partial charge in [0.1, 0.15) is 11.6 Å². The van der Waals surface area contributed by atoms with Crippen LogP contribution in [0.25, 0.3) is 0 Å². The van der Waals surface area contributed by atoms with E-state index in [1.54, 1.807) is 27.7 Å². The van der Waals surface area contributed by atoms with E-state index in [2.05, 4.69) is 10.6 Å². The number of alkyl carbamates (subject to hydrolysis) is 1. The molecule has 5 nitrogen and oxygen atoms in total. The molecule has 1 rings (SSSR count). The van der Waals surface area contributed by atoms with Gasteiger partial charge in [-0.25, -0.2) is 4.79 Å². The van der Waals surface area contributed by atoms with Crippen molar-refractivity contribution >= 4 is 12.0 Å². The maximum atomic E-state index is 11.7. The Morgan fingerprint density at radius 1 is 1.29 bits per heavy atom. The van der Waals surface area contributed by atoms with Gasteiger partial charge in [-0.15, -0.1) is 0 Å². The van der Waals surface area contributed by atoms with Gasteiger partial charge >= 0.3 is 6.09 Å². The lowest BCUT2D eigenvalue weighted by molar-refractivity contribution is -0.123. The van der Waals surface area contributed by atoms with Gasteiger partial charge < -0.3 is 15.4 Å². The SMILES string of the molecule is C[C@H](NC(=O)OC(C)(C)C)C(=O)NC1(C)CC1. The number of nitrogens with one attached hydrogen (secondary N) is 2. The Kier molecular flexibility index (Phi) is 3.69. The van der Waals surface area contributed by atoms with E-state index in [-0.39, 0.29) is 11.4 Å². The zero-order valence-corrected chi connectivity index (χ0v) is 11.2. The van der Waals surface area contributed by atoms with Crippen LogP contribution in [0.2, 0.25) is 0 Å². The number of rotatable bonds is 3. The van der Waals surface area contributed by atoms with Crippen LogP contribution in [0.5, 0.6) is 0 Å². The monoisotopic (exact) mass is 242 g/mol. The summed E-state index contributed by atoms with van der Waals surface area (Å²) in [6, 6.07) is -0.581. The van der Waals surface area contributed by atoms with Crippen molar-refractivity contribution in [3.63, 3.8) is 0 Å². The van der Waals surface area contributed by atoms with Gasteiger partial charge in [0.15, 0.2) is 0 Å². The summed E-state index contributed by atoms with van der Waals surface area (Å²) in [5.41, 5.74) is -0.621. The standard InChI is InChI=1S/C12H22N2O3/c1-8(9(15)14-12(5)6-7-12)13-10(16)17-11(2,3)4/h8H,6-7H2,1-5H3,(H,13,16)(H,14,15)/t8-/m0/s1. The second-order valence-corrected chi connectivity index (χ2v) is 5.92. The highest BCUT2D eigenvalue weighted by Gasteiger charge is 2.39. The zero-order valence-electron chi connectivity index (χ0n) is 11.2. The fraction of sp³-hybridized carbons (Fsp3) is 0.833. The van der Waals surface area contributed by atoms with Gasteiger partial charge in [-0.05, 0) is 47.5 Å². The molecule has 2 amide bonds. The highest BCUT2D eigenvalue weighted by molar-refractivity contribution is 5.86. The minimum absolute atomic E-state index is 0.0685. The van der Waals surface area contributed by atoms with Gasteiger partial charge in [0.2, 0.25) is 5.91 Å². The number of hydrogen-bond acceptors (Lipinski definition) is 3. The average Bonchev–Trinajstić information content (AvgIpc) is 2.79. The molecule has 1 fully saturated rings. The number of amides is 2. The summed E-state index contributed by atoms with van der Waals surface area (Å²) in [6.07, 6.45) is 1.43. The first-order chi connectivity index (χ1) is 7.61. The molecule has 0 radical (unpaired) electrons. The van der Waals surface area contributed by atoms with E-state index in [4.69, 9.17) is 4.74 Å². The fourth-order valence-corrected chi connectivity index (χ4v) is 1.27. The molecule has 0 aromatic rings. The van der Waals surface area contributed by atoms with E-state index in [0.717, 1.165) is 12.8 Å². The Hall–Kier alpha value is -1.26. The minimum atomic E-state index is -0.581. The highest BCUT2D eigenvalue weighted by Crippen LogP contribution is 2.34. The summed E-state index contributed by atoms with van der Waals surface area (Å²) in [5, 5.41) is 5.40. The van der Waals surface area contributed by atoms with Crippen molar-refractivity contribution in [1.82, 2.24) is 10.6 Å². The summed E-state index contributed by atoms with van der Waals surface area (Å²) in [7, 11) is 0. The summed E-state index contributed by atoms with van der Waals surface area (Å²) in [6.45, 7) is 8.98. The van der Waals surface area contributed by atoms with Gasteiger partial charge in [-0.3, -0.25) is 4.79 Å². The molecule has 98 valence electrons. The normalized spacial score (nSPS) is 19.1. The van der Waals surface area contributed by atoms with Crippen molar-refractivity contribution in [2.45, 2.75) is 64.6 Å². The van der Waals surface area contributed by atoms with Crippen LogP contribution in [-0.2, 0) is 9.53 Å². The van der Waals surface area contributed by atoms with Gasteiger partial charge in [0.05, 0.1) is 0 Å². The lowest BCUT2D eigenvalue weighted by Gasteiger charge is -2.22. The Balaban J connectivity index is 2.35. The van der Waals surface area contributed by atoms with Crippen LogP contribution in [0.4, 0.5) is 4.79 Å². The predicted octanol–water partition coefficient (Wildman–Crippen LogP) is 1.57. The van der Waals surface area contributed by atoms with Crippen LogP contribution in [0.1, 0.15) is 47.5 Å². The highest BCUT2D eigenvalue weighted by atomic mass is 16.6. The van der Waals surface area contributed by atoms with Gasteiger partial charge in [-0.2, -0.15) is 0 Å². The molecular weight excluding hydrogens is 220 g/mol. The smallest absolute Gasteiger partial charge is 0.408 e. The van der Waals surface area contributed by atoms with E-state index in [0.29, 0.717) is 0 Å². The van der Waals surface area contributed by atoms with Crippen LogP contribution in [0, 0.1) is 0 Å². The van der Waals surface area contributed by atoms with Crippen LogP contribution in [-0.4, -0.2) is 29.2 Å². The van der Waals surface area contributed by atoms with Crippen LogP contribution in [0.15, 0.2) is 0 Å². The van der Waals surface area contributed by atoms with Gasteiger partial charge in [0, 0.05) is 5.54 Å². The third-order valence-corrected chi connectivity index (χ3v) is 2.55. The van der Waals surface area contributed by atoms with Gasteiger partial charge in [-0.1, -0.05) is 0 Å². The van der Waals surface area contributed by atoms with Crippen LogP contribution >= 0.6 is 0 Å². The van der Waals surface area contributed by atoms with Crippen molar-refractivity contribution < 1.29 is 14.3 Å².